The first kappa shape index (κ1) is 12.3. The summed E-state index contributed by atoms with van der Waals surface area (Å²) in [5, 5.41) is 9.43. The van der Waals surface area contributed by atoms with E-state index in [1.807, 2.05) is 0 Å². The number of halogens is 2. The molecule has 0 saturated carbocycles. The summed E-state index contributed by atoms with van der Waals surface area (Å²) in [5.41, 5.74) is -2.85. The van der Waals surface area contributed by atoms with Crippen LogP contribution in [0.1, 0.15) is 6.42 Å². The number of aliphatic hydroxyl groups is 1. The number of alkyl halides is 2. The molecule has 1 atom stereocenters. The van der Waals surface area contributed by atoms with E-state index in [-0.39, 0.29) is 0 Å². The summed E-state index contributed by atoms with van der Waals surface area (Å²) in [7, 11) is -2.98. The molecular formula is C7H10F2O5S. The largest absolute Gasteiger partial charge is 0.464 e. The summed E-state index contributed by atoms with van der Waals surface area (Å²) in [4.78, 5) is 10.7. The molecule has 0 amide bonds. The van der Waals surface area contributed by atoms with E-state index in [1.54, 1.807) is 0 Å². The Morgan fingerprint density at radius 2 is 2.07 bits per heavy atom. The molecule has 1 heterocycles. The molecule has 0 aromatic carbocycles. The minimum atomic E-state index is -4.20. The molecule has 1 unspecified atom stereocenters. The molecule has 8 heteroatoms. The van der Waals surface area contributed by atoms with E-state index in [0.717, 1.165) is 7.11 Å². The Hall–Kier alpha value is -0.760. The zero-order chi connectivity index (χ0) is 11.9. The van der Waals surface area contributed by atoms with Crippen molar-refractivity contribution in [1.29, 1.82) is 0 Å². The summed E-state index contributed by atoms with van der Waals surface area (Å²) < 4.78 is 52.3. The molecule has 1 rings (SSSR count). The topological polar surface area (TPSA) is 80.7 Å². The Balaban J connectivity index is 3.03. The second-order valence-electron chi connectivity index (χ2n) is 3.44. The fourth-order valence-electron chi connectivity index (χ4n) is 1.40. The van der Waals surface area contributed by atoms with Crippen molar-refractivity contribution in [2.45, 2.75) is 17.9 Å². The highest BCUT2D eigenvalue weighted by Crippen LogP contribution is 2.38. The first-order chi connectivity index (χ1) is 6.65. The fraction of sp³-hybridized carbons (Fsp3) is 0.857. The monoisotopic (exact) mass is 244 g/mol. The quantitative estimate of drug-likeness (QED) is 0.652. The summed E-state index contributed by atoms with van der Waals surface area (Å²) in [6, 6.07) is 0. The maximum atomic E-state index is 13.3. The SMILES string of the molecule is COC(=O)C(F)(F)C1(O)CCS(=O)(=O)C1. The van der Waals surface area contributed by atoms with Crippen LogP contribution in [-0.2, 0) is 19.4 Å². The smallest absolute Gasteiger partial charge is 0.379 e. The molecule has 0 spiro atoms. The van der Waals surface area contributed by atoms with Gasteiger partial charge in [0.25, 0.3) is 0 Å². The Labute approximate surface area is 84.9 Å². The second kappa shape index (κ2) is 3.38. The van der Waals surface area contributed by atoms with Gasteiger partial charge in [-0.15, -0.1) is 0 Å². The lowest BCUT2D eigenvalue weighted by molar-refractivity contribution is -0.205. The number of carbonyl (C=O) groups is 1. The van der Waals surface area contributed by atoms with E-state index < -0.39 is 45.3 Å². The number of hydrogen-bond donors (Lipinski definition) is 1. The van der Waals surface area contributed by atoms with Gasteiger partial charge in [0.05, 0.1) is 18.6 Å². The van der Waals surface area contributed by atoms with Crippen molar-refractivity contribution < 1.29 is 31.8 Å². The van der Waals surface area contributed by atoms with Gasteiger partial charge in [0, 0.05) is 0 Å². The standard InChI is InChI=1S/C7H10F2O5S/c1-14-5(10)7(8,9)6(11)2-3-15(12,13)4-6/h11H,2-4H2,1H3. The zero-order valence-electron chi connectivity index (χ0n) is 7.87. The Kier molecular flexibility index (Phi) is 2.77. The molecule has 0 bridgehead atoms. The van der Waals surface area contributed by atoms with E-state index in [0.29, 0.717) is 0 Å². The first-order valence-corrected chi connectivity index (χ1v) is 5.86. The van der Waals surface area contributed by atoms with Crippen LogP contribution in [0.5, 0.6) is 0 Å². The normalized spacial score (nSPS) is 30.1. The summed E-state index contributed by atoms with van der Waals surface area (Å²) >= 11 is 0. The summed E-state index contributed by atoms with van der Waals surface area (Å²) in [6.45, 7) is 0. The zero-order valence-corrected chi connectivity index (χ0v) is 8.68. The van der Waals surface area contributed by atoms with Gasteiger partial charge in [0.1, 0.15) is 0 Å². The van der Waals surface area contributed by atoms with Gasteiger partial charge in [0.15, 0.2) is 15.4 Å². The van der Waals surface area contributed by atoms with Crippen LogP contribution in [0, 0.1) is 0 Å². The maximum absolute atomic E-state index is 13.3. The third-order valence-corrected chi connectivity index (χ3v) is 4.06. The molecule has 0 aromatic heterocycles. The third kappa shape index (κ3) is 1.96. The van der Waals surface area contributed by atoms with Crippen LogP contribution in [0.15, 0.2) is 0 Å². The van der Waals surface area contributed by atoms with Gasteiger partial charge in [-0.25, -0.2) is 13.2 Å². The molecule has 15 heavy (non-hydrogen) atoms. The minimum Gasteiger partial charge on any atom is -0.464 e. The Morgan fingerprint density at radius 1 is 1.53 bits per heavy atom. The number of ether oxygens (including phenoxy) is 1. The van der Waals surface area contributed by atoms with E-state index in [1.165, 1.54) is 0 Å². The average Bonchev–Trinajstić information content (AvgIpc) is 2.40. The van der Waals surface area contributed by atoms with Gasteiger partial charge < -0.3 is 9.84 Å². The van der Waals surface area contributed by atoms with Gasteiger partial charge in [-0.2, -0.15) is 8.78 Å². The second-order valence-corrected chi connectivity index (χ2v) is 5.62. The number of methoxy groups -OCH3 is 1. The molecule has 0 radical (unpaired) electrons. The Morgan fingerprint density at radius 3 is 2.40 bits per heavy atom. The number of sulfone groups is 1. The molecular weight excluding hydrogens is 234 g/mol. The fourth-order valence-corrected chi connectivity index (χ4v) is 3.24. The third-order valence-electron chi connectivity index (χ3n) is 2.31. The number of rotatable bonds is 2. The van der Waals surface area contributed by atoms with E-state index in [9.17, 15) is 27.1 Å². The molecule has 0 aromatic rings. The van der Waals surface area contributed by atoms with Crippen molar-refractivity contribution >= 4 is 15.8 Å². The van der Waals surface area contributed by atoms with Crippen LogP contribution >= 0.6 is 0 Å². The molecule has 5 nitrogen and oxygen atoms in total. The van der Waals surface area contributed by atoms with Crippen LogP contribution < -0.4 is 0 Å². The average molecular weight is 244 g/mol. The lowest BCUT2D eigenvalue weighted by Crippen LogP contribution is -2.54. The molecule has 88 valence electrons. The first-order valence-electron chi connectivity index (χ1n) is 4.04. The highest BCUT2D eigenvalue weighted by atomic mass is 32.2. The molecule has 1 aliphatic heterocycles. The summed E-state index contributed by atoms with van der Waals surface area (Å²) in [5.74, 6) is -7.81. The van der Waals surface area contributed by atoms with E-state index >= 15 is 0 Å². The predicted octanol–water partition coefficient (Wildman–Crippen LogP) is -0.656. The van der Waals surface area contributed by atoms with Crippen molar-refractivity contribution in [2.75, 3.05) is 18.6 Å². The molecule has 1 aliphatic rings. The minimum absolute atomic E-state index is 0.559. The van der Waals surface area contributed by atoms with Crippen molar-refractivity contribution in [2.24, 2.45) is 0 Å². The highest BCUT2D eigenvalue weighted by molar-refractivity contribution is 7.91. The maximum Gasteiger partial charge on any atom is 0.379 e. The molecule has 1 N–H and O–H groups in total. The lowest BCUT2D eigenvalue weighted by Gasteiger charge is -2.28. The Bertz CT molecular complexity index is 377. The van der Waals surface area contributed by atoms with Crippen molar-refractivity contribution in [3.8, 4) is 0 Å². The van der Waals surface area contributed by atoms with Crippen LogP contribution in [0.2, 0.25) is 0 Å². The number of hydrogen-bond acceptors (Lipinski definition) is 5. The van der Waals surface area contributed by atoms with Crippen LogP contribution in [-0.4, -0.2) is 49.6 Å². The lowest BCUT2D eigenvalue weighted by atomic mass is 9.95. The number of esters is 1. The van der Waals surface area contributed by atoms with Crippen LogP contribution in [0.25, 0.3) is 0 Å². The van der Waals surface area contributed by atoms with Gasteiger partial charge in [-0.3, -0.25) is 0 Å². The molecule has 1 fully saturated rings. The molecule has 0 aliphatic carbocycles. The van der Waals surface area contributed by atoms with E-state index in [2.05, 4.69) is 4.74 Å². The van der Waals surface area contributed by atoms with Crippen LogP contribution in [0.4, 0.5) is 8.78 Å². The summed E-state index contributed by atoms with van der Waals surface area (Å²) in [6.07, 6.45) is -0.669. The number of carbonyl (C=O) groups excluding carboxylic acids is 1. The van der Waals surface area contributed by atoms with Crippen molar-refractivity contribution in [3.05, 3.63) is 0 Å². The van der Waals surface area contributed by atoms with Crippen LogP contribution in [0.3, 0.4) is 0 Å². The van der Waals surface area contributed by atoms with Gasteiger partial charge in [0.2, 0.25) is 0 Å². The van der Waals surface area contributed by atoms with E-state index in [4.69, 9.17) is 0 Å². The van der Waals surface area contributed by atoms with Gasteiger partial charge in [-0.1, -0.05) is 0 Å². The van der Waals surface area contributed by atoms with Crippen molar-refractivity contribution in [1.82, 2.24) is 0 Å². The highest BCUT2D eigenvalue weighted by Gasteiger charge is 2.63. The van der Waals surface area contributed by atoms with Crippen molar-refractivity contribution in [3.63, 3.8) is 0 Å². The van der Waals surface area contributed by atoms with Gasteiger partial charge >= 0.3 is 11.9 Å². The van der Waals surface area contributed by atoms with Gasteiger partial charge in [-0.05, 0) is 6.42 Å². The predicted molar refractivity (Wildman–Crippen MR) is 45.2 cm³/mol. The molecule has 1 saturated heterocycles.